The molecular weight excluding hydrogens is 324 g/mol. The maximum atomic E-state index is 9.76. The molecule has 0 aromatic heterocycles. The van der Waals surface area contributed by atoms with Crippen molar-refractivity contribution in [3.8, 4) is 12.3 Å². The van der Waals surface area contributed by atoms with Crippen LogP contribution in [-0.4, -0.2) is 104 Å². The summed E-state index contributed by atoms with van der Waals surface area (Å²) in [6.07, 6.45) is -1.37. The fourth-order valence-corrected chi connectivity index (χ4v) is 2.00. The molecule has 0 aromatic carbocycles. The molecule has 24 heavy (non-hydrogen) atoms. The Morgan fingerprint density at radius 1 is 0.833 bits per heavy atom. The van der Waals surface area contributed by atoms with E-state index in [4.69, 9.17) is 35.2 Å². The highest BCUT2D eigenvalue weighted by Crippen LogP contribution is 2.21. The zero-order valence-electron chi connectivity index (χ0n) is 13.5. The summed E-state index contributed by atoms with van der Waals surface area (Å²) in [4.78, 5) is 0. The lowest BCUT2D eigenvalue weighted by Crippen LogP contribution is -2.59. The van der Waals surface area contributed by atoms with E-state index in [0.717, 1.165) is 0 Å². The van der Waals surface area contributed by atoms with Crippen molar-refractivity contribution < 1.29 is 44.1 Å². The zero-order valence-corrected chi connectivity index (χ0v) is 13.5. The van der Waals surface area contributed by atoms with E-state index in [9.17, 15) is 15.3 Å². The Morgan fingerprint density at radius 2 is 1.42 bits per heavy atom. The van der Waals surface area contributed by atoms with Gasteiger partial charge in [0.25, 0.3) is 0 Å². The van der Waals surface area contributed by atoms with Crippen molar-refractivity contribution in [3.05, 3.63) is 0 Å². The maximum absolute atomic E-state index is 9.76. The lowest BCUT2D eigenvalue weighted by molar-refractivity contribution is -0.302. The molecule has 1 aliphatic rings. The fourth-order valence-electron chi connectivity index (χ4n) is 2.00. The van der Waals surface area contributed by atoms with Crippen molar-refractivity contribution >= 4 is 0 Å². The highest BCUT2D eigenvalue weighted by Gasteiger charge is 2.43. The summed E-state index contributed by atoms with van der Waals surface area (Å²) in [6.45, 7) is 1.68. The van der Waals surface area contributed by atoms with E-state index in [1.54, 1.807) is 0 Å². The second kappa shape index (κ2) is 12.5. The summed E-state index contributed by atoms with van der Waals surface area (Å²) in [7, 11) is 0. The number of ether oxygens (including phenoxy) is 5. The third kappa shape index (κ3) is 7.40. The minimum absolute atomic E-state index is 0.105. The summed E-state index contributed by atoms with van der Waals surface area (Å²) in [5.41, 5.74) is 0. The highest BCUT2D eigenvalue weighted by atomic mass is 16.7. The van der Waals surface area contributed by atoms with Crippen molar-refractivity contribution in [1.29, 1.82) is 0 Å². The molecule has 0 amide bonds. The second-order valence-corrected chi connectivity index (χ2v) is 5.05. The van der Waals surface area contributed by atoms with Crippen molar-refractivity contribution in [1.82, 2.24) is 0 Å². The Hall–Kier alpha value is -0.800. The van der Waals surface area contributed by atoms with Crippen molar-refractivity contribution in [2.75, 3.05) is 52.9 Å². The molecule has 1 aliphatic heterocycles. The molecule has 0 radical (unpaired) electrons. The minimum Gasteiger partial charge on any atom is -0.394 e. The first-order chi connectivity index (χ1) is 11.6. The monoisotopic (exact) mass is 350 g/mol. The Kier molecular flexibility index (Phi) is 11.1. The average molecular weight is 350 g/mol. The molecule has 0 spiro atoms. The molecule has 140 valence electrons. The first-order valence-electron chi connectivity index (χ1n) is 7.70. The largest absolute Gasteiger partial charge is 0.394 e. The predicted octanol–water partition coefficient (Wildman–Crippen LogP) is -2.51. The van der Waals surface area contributed by atoms with Crippen LogP contribution in [0.3, 0.4) is 0 Å². The molecule has 0 aliphatic carbocycles. The van der Waals surface area contributed by atoms with Crippen LogP contribution in [0.15, 0.2) is 0 Å². The molecule has 1 saturated heterocycles. The van der Waals surface area contributed by atoms with Gasteiger partial charge in [-0.15, -0.1) is 6.42 Å². The Labute approximate surface area is 141 Å². The number of hydrogen-bond acceptors (Lipinski definition) is 9. The summed E-state index contributed by atoms with van der Waals surface area (Å²) in [5.74, 6) is 2.35. The standard InChI is InChI=1S/C15H26O9/c1-2-3-20-4-5-21-6-7-22-8-9-23-15-14(19)13(18)12(17)11(10-16)24-15/h1,11-19H,3-10H2/t11-,12-,13+,14-,15-/m1/s1. The summed E-state index contributed by atoms with van der Waals surface area (Å²) >= 11 is 0. The molecule has 5 atom stereocenters. The quantitative estimate of drug-likeness (QED) is 0.223. The highest BCUT2D eigenvalue weighted by molar-refractivity contribution is 4.88. The summed E-state index contributed by atoms with van der Waals surface area (Å²) < 4.78 is 26.0. The molecular formula is C15H26O9. The van der Waals surface area contributed by atoms with E-state index in [0.29, 0.717) is 26.4 Å². The topological polar surface area (TPSA) is 127 Å². The van der Waals surface area contributed by atoms with Crippen molar-refractivity contribution in [2.45, 2.75) is 30.7 Å². The summed E-state index contributed by atoms with van der Waals surface area (Å²) in [6, 6.07) is 0. The van der Waals surface area contributed by atoms with Crippen LogP contribution in [0, 0.1) is 12.3 Å². The molecule has 0 unspecified atom stereocenters. The number of aliphatic hydroxyl groups excluding tert-OH is 4. The Balaban J connectivity index is 2.03. The SMILES string of the molecule is C#CCOCCOCCOCCO[C@@H]1O[C@H](CO)[C@@H](O)[C@H](O)[C@H]1O. The maximum Gasteiger partial charge on any atom is 0.186 e. The molecule has 1 heterocycles. The van der Waals surface area contributed by atoms with Crippen LogP contribution in [0.1, 0.15) is 0 Å². The van der Waals surface area contributed by atoms with Gasteiger partial charge in [-0.05, 0) is 0 Å². The van der Waals surface area contributed by atoms with Crippen LogP contribution in [0.25, 0.3) is 0 Å². The molecule has 4 N–H and O–H groups in total. The van der Waals surface area contributed by atoms with Gasteiger partial charge in [-0.3, -0.25) is 0 Å². The Bertz CT molecular complexity index is 357. The van der Waals surface area contributed by atoms with Crippen molar-refractivity contribution in [2.24, 2.45) is 0 Å². The molecule has 0 saturated carbocycles. The van der Waals surface area contributed by atoms with Gasteiger partial charge in [0, 0.05) is 0 Å². The number of aliphatic hydroxyl groups is 4. The van der Waals surface area contributed by atoms with Gasteiger partial charge in [-0.25, -0.2) is 0 Å². The van der Waals surface area contributed by atoms with Gasteiger partial charge >= 0.3 is 0 Å². The molecule has 9 heteroatoms. The normalized spacial score (nSPS) is 30.2. The number of rotatable bonds is 12. The van der Waals surface area contributed by atoms with Gasteiger partial charge in [-0.2, -0.15) is 0 Å². The average Bonchev–Trinajstić information content (AvgIpc) is 2.59. The van der Waals surface area contributed by atoms with Gasteiger partial charge in [0.1, 0.15) is 31.0 Å². The van der Waals surface area contributed by atoms with Gasteiger partial charge < -0.3 is 44.1 Å². The zero-order chi connectivity index (χ0) is 17.8. The van der Waals surface area contributed by atoms with E-state index in [1.807, 2.05) is 0 Å². The van der Waals surface area contributed by atoms with Crippen LogP contribution in [-0.2, 0) is 23.7 Å². The number of terminal acetylenes is 1. The second-order valence-electron chi connectivity index (χ2n) is 5.05. The predicted molar refractivity (Wildman–Crippen MR) is 81.0 cm³/mol. The summed E-state index contributed by atoms with van der Waals surface area (Å²) in [5, 5.41) is 38.0. The smallest absolute Gasteiger partial charge is 0.186 e. The van der Waals surface area contributed by atoms with Gasteiger partial charge in [0.2, 0.25) is 0 Å². The molecule has 0 bridgehead atoms. The molecule has 1 fully saturated rings. The lowest BCUT2D eigenvalue weighted by atomic mass is 9.99. The fraction of sp³-hybridized carbons (Fsp3) is 0.867. The van der Waals surface area contributed by atoms with E-state index < -0.39 is 37.3 Å². The molecule has 1 rings (SSSR count). The Morgan fingerprint density at radius 3 is 2.00 bits per heavy atom. The molecule has 0 aromatic rings. The van der Waals surface area contributed by atoms with Crippen molar-refractivity contribution in [3.63, 3.8) is 0 Å². The molecule has 9 nitrogen and oxygen atoms in total. The van der Waals surface area contributed by atoms with Crippen LogP contribution in [0.2, 0.25) is 0 Å². The van der Waals surface area contributed by atoms with Crippen LogP contribution in [0.4, 0.5) is 0 Å². The third-order valence-electron chi connectivity index (χ3n) is 3.29. The van der Waals surface area contributed by atoms with Gasteiger partial charge in [-0.1, -0.05) is 5.92 Å². The number of hydrogen-bond donors (Lipinski definition) is 4. The van der Waals surface area contributed by atoms with E-state index in [2.05, 4.69) is 5.92 Å². The van der Waals surface area contributed by atoms with Gasteiger partial charge in [0.15, 0.2) is 6.29 Å². The first-order valence-corrected chi connectivity index (χ1v) is 7.70. The van der Waals surface area contributed by atoms with E-state index >= 15 is 0 Å². The van der Waals surface area contributed by atoms with Gasteiger partial charge in [0.05, 0.1) is 46.2 Å². The van der Waals surface area contributed by atoms with E-state index in [1.165, 1.54) is 0 Å². The van der Waals surface area contributed by atoms with Crippen LogP contribution in [0.5, 0.6) is 0 Å². The first kappa shape index (κ1) is 21.2. The van der Waals surface area contributed by atoms with Crippen LogP contribution >= 0.6 is 0 Å². The van der Waals surface area contributed by atoms with Crippen LogP contribution < -0.4 is 0 Å². The lowest BCUT2D eigenvalue weighted by Gasteiger charge is -2.39. The third-order valence-corrected chi connectivity index (χ3v) is 3.29. The van der Waals surface area contributed by atoms with E-state index in [-0.39, 0.29) is 19.8 Å². The minimum atomic E-state index is -1.45.